The molecule has 0 spiro atoms. The maximum absolute atomic E-state index is 12.5. The van der Waals surface area contributed by atoms with Crippen LogP contribution >= 0.6 is 0 Å². The molecule has 1 saturated carbocycles. The van der Waals surface area contributed by atoms with Gasteiger partial charge in [-0.25, -0.2) is 4.98 Å². The van der Waals surface area contributed by atoms with E-state index in [1.807, 2.05) is 50.3 Å². The number of aryl methyl sites for hydroxylation is 1. The molecule has 1 aromatic carbocycles. The van der Waals surface area contributed by atoms with E-state index in [0.29, 0.717) is 23.3 Å². The molecule has 0 radical (unpaired) electrons. The third-order valence-corrected chi connectivity index (χ3v) is 5.09. The third kappa shape index (κ3) is 4.91. The molecule has 150 valence electrons. The van der Waals surface area contributed by atoms with Crippen LogP contribution in [0.15, 0.2) is 30.5 Å². The molecule has 28 heavy (non-hydrogen) atoms. The Labute approximate surface area is 166 Å². The molecular weight excluding hydrogens is 354 g/mol. The number of nitrogens with zero attached hydrogens (tertiary/aromatic N) is 3. The number of aromatic nitrogens is 2. The SMILES string of the molecule is COc1cccc(C(=O)NC2CCC(Nc3nc(N(C)C)ncc3C)CC2)c1. The minimum atomic E-state index is -0.0439. The lowest BCUT2D eigenvalue weighted by Gasteiger charge is -2.30. The van der Waals surface area contributed by atoms with Gasteiger partial charge in [0.25, 0.3) is 5.91 Å². The van der Waals surface area contributed by atoms with Crippen molar-refractivity contribution in [1.29, 1.82) is 0 Å². The Morgan fingerprint density at radius 1 is 1.18 bits per heavy atom. The molecule has 0 aliphatic heterocycles. The van der Waals surface area contributed by atoms with E-state index in [2.05, 4.69) is 20.6 Å². The van der Waals surface area contributed by atoms with E-state index in [4.69, 9.17) is 4.74 Å². The first-order valence-corrected chi connectivity index (χ1v) is 9.68. The van der Waals surface area contributed by atoms with Crippen LogP contribution in [-0.2, 0) is 0 Å². The highest BCUT2D eigenvalue weighted by Gasteiger charge is 2.23. The number of benzene rings is 1. The number of hydrogen-bond donors (Lipinski definition) is 2. The molecular formula is C21H29N5O2. The monoisotopic (exact) mass is 383 g/mol. The molecule has 0 unspecified atom stereocenters. The summed E-state index contributed by atoms with van der Waals surface area (Å²) in [5.41, 5.74) is 1.67. The maximum atomic E-state index is 12.5. The fourth-order valence-corrected chi connectivity index (χ4v) is 3.40. The molecule has 1 fully saturated rings. The molecule has 7 heteroatoms. The second-order valence-corrected chi connectivity index (χ2v) is 7.49. The summed E-state index contributed by atoms with van der Waals surface area (Å²) < 4.78 is 5.20. The van der Waals surface area contributed by atoms with Gasteiger partial charge in [0.05, 0.1) is 7.11 Å². The van der Waals surface area contributed by atoms with E-state index in [-0.39, 0.29) is 11.9 Å². The first kappa shape index (κ1) is 19.9. The Morgan fingerprint density at radius 2 is 1.89 bits per heavy atom. The first-order chi connectivity index (χ1) is 13.5. The maximum Gasteiger partial charge on any atom is 0.251 e. The Hall–Kier alpha value is -2.83. The van der Waals surface area contributed by atoms with Crippen LogP contribution in [0.25, 0.3) is 0 Å². The van der Waals surface area contributed by atoms with Crippen LogP contribution in [0.3, 0.4) is 0 Å². The number of rotatable bonds is 6. The molecule has 1 amide bonds. The summed E-state index contributed by atoms with van der Waals surface area (Å²) in [6.07, 6.45) is 5.72. The normalized spacial score (nSPS) is 19.0. The highest BCUT2D eigenvalue weighted by atomic mass is 16.5. The number of methoxy groups -OCH3 is 1. The van der Waals surface area contributed by atoms with Crippen LogP contribution in [0.4, 0.5) is 11.8 Å². The van der Waals surface area contributed by atoms with Crippen molar-refractivity contribution in [3.8, 4) is 5.75 Å². The Balaban J connectivity index is 1.53. The highest BCUT2D eigenvalue weighted by Crippen LogP contribution is 2.24. The number of carbonyl (C=O) groups excluding carboxylic acids is 1. The van der Waals surface area contributed by atoms with Crippen LogP contribution in [-0.4, -0.2) is 49.2 Å². The summed E-state index contributed by atoms with van der Waals surface area (Å²) in [6, 6.07) is 7.80. The molecule has 0 atom stereocenters. The number of hydrogen-bond acceptors (Lipinski definition) is 6. The fraction of sp³-hybridized carbons (Fsp3) is 0.476. The zero-order valence-corrected chi connectivity index (χ0v) is 17.0. The van der Waals surface area contributed by atoms with Crippen LogP contribution in [0, 0.1) is 6.92 Å². The molecule has 1 aliphatic carbocycles. The average Bonchev–Trinajstić information content (AvgIpc) is 2.71. The zero-order chi connectivity index (χ0) is 20.1. The van der Waals surface area contributed by atoms with Crippen molar-refractivity contribution in [2.75, 3.05) is 31.4 Å². The van der Waals surface area contributed by atoms with Gasteiger partial charge < -0.3 is 20.3 Å². The molecule has 0 bridgehead atoms. The second kappa shape index (κ2) is 8.91. The lowest BCUT2D eigenvalue weighted by atomic mass is 9.91. The van der Waals surface area contributed by atoms with Crippen molar-refractivity contribution in [1.82, 2.24) is 15.3 Å². The fourth-order valence-electron chi connectivity index (χ4n) is 3.40. The minimum absolute atomic E-state index is 0.0439. The van der Waals surface area contributed by atoms with E-state index < -0.39 is 0 Å². The van der Waals surface area contributed by atoms with Crippen LogP contribution in [0.2, 0.25) is 0 Å². The highest BCUT2D eigenvalue weighted by molar-refractivity contribution is 5.94. The summed E-state index contributed by atoms with van der Waals surface area (Å²) >= 11 is 0. The number of amides is 1. The van der Waals surface area contributed by atoms with E-state index in [0.717, 1.165) is 37.1 Å². The predicted octanol–water partition coefficient (Wildman–Crippen LogP) is 3.01. The van der Waals surface area contributed by atoms with Crippen LogP contribution in [0.5, 0.6) is 5.75 Å². The van der Waals surface area contributed by atoms with Crippen molar-refractivity contribution in [3.05, 3.63) is 41.6 Å². The van der Waals surface area contributed by atoms with Gasteiger partial charge >= 0.3 is 0 Å². The predicted molar refractivity (Wildman–Crippen MR) is 111 cm³/mol. The molecule has 7 nitrogen and oxygen atoms in total. The Morgan fingerprint density at radius 3 is 2.57 bits per heavy atom. The molecule has 2 N–H and O–H groups in total. The van der Waals surface area contributed by atoms with Gasteiger partial charge in [-0.1, -0.05) is 6.07 Å². The summed E-state index contributed by atoms with van der Waals surface area (Å²) in [5, 5.41) is 6.71. The van der Waals surface area contributed by atoms with Crippen molar-refractivity contribution < 1.29 is 9.53 Å². The lowest BCUT2D eigenvalue weighted by molar-refractivity contribution is 0.0926. The van der Waals surface area contributed by atoms with Gasteiger partial charge in [0.2, 0.25) is 5.95 Å². The van der Waals surface area contributed by atoms with E-state index in [1.165, 1.54) is 0 Å². The summed E-state index contributed by atoms with van der Waals surface area (Å²) in [5.74, 6) is 2.24. The minimum Gasteiger partial charge on any atom is -0.497 e. The van der Waals surface area contributed by atoms with E-state index >= 15 is 0 Å². The molecule has 1 aromatic heterocycles. The summed E-state index contributed by atoms with van der Waals surface area (Å²) in [6.45, 7) is 2.02. The van der Waals surface area contributed by atoms with Gasteiger partial charge in [-0.05, 0) is 50.8 Å². The van der Waals surface area contributed by atoms with E-state index in [1.54, 1.807) is 13.2 Å². The second-order valence-electron chi connectivity index (χ2n) is 7.49. The molecule has 1 aliphatic rings. The molecule has 3 rings (SSSR count). The number of ether oxygens (including phenoxy) is 1. The van der Waals surface area contributed by atoms with Gasteiger partial charge in [0.1, 0.15) is 11.6 Å². The summed E-state index contributed by atoms with van der Waals surface area (Å²) in [4.78, 5) is 23.3. The first-order valence-electron chi connectivity index (χ1n) is 9.68. The van der Waals surface area contributed by atoms with Gasteiger partial charge in [0, 0.05) is 43.5 Å². The van der Waals surface area contributed by atoms with Gasteiger partial charge in [-0.2, -0.15) is 4.98 Å². The number of nitrogens with one attached hydrogen (secondary N) is 2. The zero-order valence-electron chi connectivity index (χ0n) is 17.0. The standard InChI is InChI=1S/C21H29N5O2/c1-14-13-22-21(26(2)3)25-19(14)23-16-8-10-17(11-9-16)24-20(27)15-6-5-7-18(12-15)28-4/h5-7,12-13,16-17H,8-11H2,1-4H3,(H,24,27)(H,22,23,25). The van der Waals surface area contributed by atoms with Gasteiger partial charge in [-0.15, -0.1) is 0 Å². The topological polar surface area (TPSA) is 79.4 Å². The average molecular weight is 383 g/mol. The molecule has 2 aromatic rings. The number of anilines is 2. The Kier molecular flexibility index (Phi) is 6.34. The van der Waals surface area contributed by atoms with E-state index in [9.17, 15) is 4.79 Å². The van der Waals surface area contributed by atoms with Crippen LogP contribution in [0.1, 0.15) is 41.6 Å². The van der Waals surface area contributed by atoms with Crippen molar-refractivity contribution in [2.45, 2.75) is 44.7 Å². The van der Waals surface area contributed by atoms with Crippen molar-refractivity contribution >= 4 is 17.7 Å². The third-order valence-electron chi connectivity index (χ3n) is 5.09. The van der Waals surface area contributed by atoms with Crippen molar-refractivity contribution in [2.24, 2.45) is 0 Å². The van der Waals surface area contributed by atoms with Crippen LogP contribution < -0.4 is 20.3 Å². The van der Waals surface area contributed by atoms with Crippen molar-refractivity contribution in [3.63, 3.8) is 0 Å². The molecule has 0 saturated heterocycles. The summed E-state index contributed by atoms with van der Waals surface area (Å²) in [7, 11) is 5.47. The van der Waals surface area contributed by atoms with Gasteiger partial charge in [0.15, 0.2) is 0 Å². The van der Waals surface area contributed by atoms with Gasteiger partial charge in [-0.3, -0.25) is 4.79 Å². The smallest absolute Gasteiger partial charge is 0.251 e. The molecule has 1 heterocycles. The largest absolute Gasteiger partial charge is 0.497 e. The number of carbonyl (C=O) groups is 1. The lowest BCUT2D eigenvalue weighted by Crippen LogP contribution is -2.40. The Bertz CT molecular complexity index is 816. The quantitative estimate of drug-likeness (QED) is 0.798.